The molecule has 0 rings (SSSR count). The van der Waals surface area contributed by atoms with Crippen molar-refractivity contribution in [1.29, 1.82) is 0 Å². The van der Waals surface area contributed by atoms with E-state index in [1.165, 1.54) is 0 Å². The third-order valence-electron chi connectivity index (χ3n) is 4.29. The van der Waals surface area contributed by atoms with Crippen LogP contribution in [0.3, 0.4) is 0 Å². The van der Waals surface area contributed by atoms with Crippen molar-refractivity contribution in [3.63, 3.8) is 0 Å². The molecule has 0 radical (unpaired) electrons. The number of aliphatic carboxylic acids is 4. The van der Waals surface area contributed by atoms with Crippen LogP contribution in [0.4, 0.5) is 0 Å². The monoisotopic (exact) mass is 476 g/mol. The smallest absolute Gasteiger partial charge is 0.325 e. The number of carbonyl (C=O) groups is 7. The van der Waals surface area contributed by atoms with Gasteiger partial charge in [-0.1, -0.05) is 0 Å². The van der Waals surface area contributed by atoms with Crippen LogP contribution in [-0.4, -0.2) is 86.2 Å². The predicted octanol–water partition coefficient (Wildman–Crippen LogP) is -2.53. The van der Waals surface area contributed by atoms with E-state index in [2.05, 4.69) is 16.0 Å². The second-order valence-electron chi connectivity index (χ2n) is 7.09. The van der Waals surface area contributed by atoms with Gasteiger partial charge in [0.15, 0.2) is 0 Å². The summed E-state index contributed by atoms with van der Waals surface area (Å²) >= 11 is 0. The van der Waals surface area contributed by atoms with Gasteiger partial charge in [0.1, 0.15) is 18.1 Å². The zero-order chi connectivity index (χ0) is 25.7. The molecule has 4 atom stereocenters. The lowest BCUT2D eigenvalue weighted by Gasteiger charge is -2.24. The average molecular weight is 476 g/mol. The van der Waals surface area contributed by atoms with Gasteiger partial charge in [-0.25, -0.2) is 0 Å². The highest BCUT2D eigenvalue weighted by Gasteiger charge is 2.30. The molecule has 15 heteroatoms. The lowest BCUT2D eigenvalue weighted by molar-refractivity contribution is -0.142. The van der Waals surface area contributed by atoms with Gasteiger partial charge in [-0.3, -0.25) is 33.6 Å². The van der Waals surface area contributed by atoms with Gasteiger partial charge >= 0.3 is 23.9 Å². The third-order valence-corrected chi connectivity index (χ3v) is 4.29. The van der Waals surface area contributed by atoms with E-state index in [9.17, 15) is 33.6 Å². The zero-order valence-corrected chi connectivity index (χ0v) is 17.8. The van der Waals surface area contributed by atoms with Crippen LogP contribution in [0.1, 0.15) is 45.4 Å². The molecule has 3 amide bonds. The van der Waals surface area contributed by atoms with Crippen LogP contribution in [0, 0.1) is 0 Å². The molecule has 9 N–H and O–H groups in total. The summed E-state index contributed by atoms with van der Waals surface area (Å²) in [6.45, 7) is 1.14. The Labute approximate surface area is 187 Å². The standard InChI is InChI=1S/C18H28N4O11/c1-8(18(32)33)20-16(30)10(3-6-13(25)26)22-17(31)11(4-7-14(27)28)21-15(29)9(19)2-5-12(23)24/h8-11H,2-7,19H2,1H3,(H,20,30)(H,21,29)(H,22,31)(H,23,24)(H,25,26)(H,27,28)(H,32,33). The van der Waals surface area contributed by atoms with Crippen molar-refractivity contribution in [3.05, 3.63) is 0 Å². The van der Waals surface area contributed by atoms with Crippen LogP contribution in [-0.2, 0) is 33.6 Å². The fourth-order valence-electron chi connectivity index (χ4n) is 2.41. The summed E-state index contributed by atoms with van der Waals surface area (Å²) in [5.41, 5.74) is 5.58. The molecule has 0 aliphatic heterocycles. The molecule has 0 heterocycles. The first-order valence-corrected chi connectivity index (χ1v) is 9.79. The fourth-order valence-corrected chi connectivity index (χ4v) is 2.41. The Morgan fingerprint density at radius 2 is 1.00 bits per heavy atom. The minimum atomic E-state index is -1.50. The number of hydrogen-bond acceptors (Lipinski definition) is 8. The van der Waals surface area contributed by atoms with E-state index in [1.807, 2.05) is 0 Å². The minimum absolute atomic E-state index is 0.259. The number of carbonyl (C=O) groups excluding carboxylic acids is 3. The molecular formula is C18H28N4O11. The van der Waals surface area contributed by atoms with Gasteiger partial charge in [0, 0.05) is 19.3 Å². The van der Waals surface area contributed by atoms with Crippen molar-refractivity contribution in [3.8, 4) is 0 Å². The number of rotatable bonds is 16. The molecule has 4 unspecified atom stereocenters. The summed E-state index contributed by atoms with van der Waals surface area (Å²) in [5, 5.41) is 41.8. The van der Waals surface area contributed by atoms with Gasteiger partial charge in [0.25, 0.3) is 0 Å². The first-order valence-electron chi connectivity index (χ1n) is 9.79. The SMILES string of the molecule is CC(NC(=O)C(CCC(=O)O)NC(=O)C(CCC(=O)O)NC(=O)C(N)CCC(=O)O)C(=O)O. The lowest BCUT2D eigenvalue weighted by Crippen LogP contribution is -2.57. The average Bonchev–Trinajstić information content (AvgIpc) is 2.71. The van der Waals surface area contributed by atoms with Crippen LogP contribution in [0.15, 0.2) is 0 Å². The van der Waals surface area contributed by atoms with Crippen LogP contribution < -0.4 is 21.7 Å². The second kappa shape index (κ2) is 14.3. The molecule has 0 aliphatic carbocycles. The molecule has 0 aromatic rings. The van der Waals surface area contributed by atoms with Crippen LogP contribution in [0.25, 0.3) is 0 Å². The highest BCUT2D eigenvalue weighted by molar-refractivity contribution is 5.94. The Morgan fingerprint density at radius 1 is 0.636 bits per heavy atom. The van der Waals surface area contributed by atoms with E-state index < -0.39 is 97.9 Å². The highest BCUT2D eigenvalue weighted by Crippen LogP contribution is 2.05. The first-order chi connectivity index (χ1) is 15.2. The topological polar surface area (TPSA) is 263 Å². The summed E-state index contributed by atoms with van der Waals surface area (Å²) in [6.07, 6.45) is -2.66. The number of carboxylic acid groups (broad SMARTS) is 4. The summed E-state index contributed by atoms with van der Waals surface area (Å²) in [5.74, 6) is -8.16. The van der Waals surface area contributed by atoms with E-state index in [0.29, 0.717) is 0 Å². The van der Waals surface area contributed by atoms with E-state index in [1.54, 1.807) is 0 Å². The first kappa shape index (κ1) is 29.2. The van der Waals surface area contributed by atoms with Gasteiger partial charge in [-0.15, -0.1) is 0 Å². The normalized spacial score (nSPS) is 14.1. The van der Waals surface area contributed by atoms with Gasteiger partial charge in [0.2, 0.25) is 17.7 Å². The van der Waals surface area contributed by atoms with E-state index >= 15 is 0 Å². The van der Waals surface area contributed by atoms with E-state index in [4.69, 9.17) is 26.2 Å². The molecular weight excluding hydrogens is 448 g/mol. The van der Waals surface area contributed by atoms with E-state index in [0.717, 1.165) is 6.92 Å². The highest BCUT2D eigenvalue weighted by atomic mass is 16.4. The maximum absolute atomic E-state index is 12.7. The van der Waals surface area contributed by atoms with Crippen molar-refractivity contribution >= 4 is 41.6 Å². The maximum atomic E-state index is 12.7. The number of nitrogens with two attached hydrogens (primary N) is 1. The summed E-state index contributed by atoms with van der Waals surface area (Å²) in [4.78, 5) is 80.5. The quantitative estimate of drug-likeness (QED) is 0.115. The molecule has 0 aromatic heterocycles. The molecule has 33 heavy (non-hydrogen) atoms. The van der Waals surface area contributed by atoms with Gasteiger partial charge in [-0.05, 0) is 26.2 Å². The molecule has 0 aliphatic rings. The van der Waals surface area contributed by atoms with Crippen LogP contribution in [0.5, 0.6) is 0 Å². The Balaban J connectivity index is 5.45. The Bertz CT molecular complexity index is 770. The summed E-state index contributed by atoms with van der Waals surface area (Å²) in [6, 6.07) is -5.66. The molecule has 186 valence electrons. The summed E-state index contributed by atoms with van der Waals surface area (Å²) in [7, 11) is 0. The molecule has 15 nitrogen and oxygen atoms in total. The van der Waals surface area contributed by atoms with E-state index in [-0.39, 0.29) is 6.42 Å². The van der Waals surface area contributed by atoms with Crippen LogP contribution in [0.2, 0.25) is 0 Å². The number of amides is 3. The van der Waals surface area contributed by atoms with Gasteiger partial charge in [0.05, 0.1) is 6.04 Å². The zero-order valence-electron chi connectivity index (χ0n) is 17.8. The van der Waals surface area contributed by atoms with Crippen molar-refractivity contribution in [2.45, 2.75) is 69.6 Å². The molecule has 0 saturated heterocycles. The largest absolute Gasteiger partial charge is 0.481 e. The van der Waals surface area contributed by atoms with Gasteiger partial charge < -0.3 is 42.1 Å². The molecule has 0 fully saturated rings. The Hall–Kier alpha value is -3.75. The van der Waals surface area contributed by atoms with Crippen molar-refractivity contribution in [2.75, 3.05) is 0 Å². The molecule has 0 saturated carbocycles. The predicted molar refractivity (Wildman–Crippen MR) is 108 cm³/mol. The molecule has 0 bridgehead atoms. The second-order valence-corrected chi connectivity index (χ2v) is 7.09. The number of nitrogens with one attached hydrogen (secondary N) is 3. The van der Waals surface area contributed by atoms with Gasteiger partial charge in [-0.2, -0.15) is 0 Å². The minimum Gasteiger partial charge on any atom is -0.481 e. The third kappa shape index (κ3) is 12.6. The van der Waals surface area contributed by atoms with Crippen molar-refractivity contribution < 1.29 is 54.0 Å². The molecule has 0 spiro atoms. The summed E-state index contributed by atoms with van der Waals surface area (Å²) < 4.78 is 0. The molecule has 0 aromatic carbocycles. The fraction of sp³-hybridized carbons (Fsp3) is 0.611. The van der Waals surface area contributed by atoms with Crippen LogP contribution >= 0.6 is 0 Å². The van der Waals surface area contributed by atoms with Crippen molar-refractivity contribution in [2.24, 2.45) is 5.73 Å². The maximum Gasteiger partial charge on any atom is 0.325 e. The lowest BCUT2D eigenvalue weighted by atomic mass is 10.1. The number of carboxylic acids is 4. The Kier molecular flexibility index (Phi) is 12.7. The number of hydrogen-bond donors (Lipinski definition) is 8. The van der Waals surface area contributed by atoms with Crippen molar-refractivity contribution in [1.82, 2.24) is 16.0 Å². The Morgan fingerprint density at radius 3 is 1.39 bits per heavy atom.